The Balaban J connectivity index is 1.91. The first-order valence-electron chi connectivity index (χ1n) is 6.39. The molecule has 1 aliphatic heterocycles. The fraction of sp³-hybridized carbons (Fsp3) is 0.833. The number of likely N-dealkylation sites (tertiary alicyclic amines) is 1. The van der Waals surface area contributed by atoms with Gasteiger partial charge >= 0.3 is 12.0 Å². The van der Waals surface area contributed by atoms with Crippen LogP contribution in [0, 0.1) is 5.92 Å². The number of urea groups is 1. The molecule has 0 spiro atoms. The maximum absolute atomic E-state index is 12.0. The third kappa shape index (κ3) is 2.53. The quantitative estimate of drug-likeness (QED) is 0.767. The smallest absolute Gasteiger partial charge is 0.317 e. The molecule has 2 aliphatic rings. The van der Waals surface area contributed by atoms with Crippen LogP contribution in [0.4, 0.5) is 4.79 Å². The molecule has 17 heavy (non-hydrogen) atoms. The van der Waals surface area contributed by atoms with E-state index in [4.69, 9.17) is 5.11 Å². The molecule has 1 saturated carbocycles. The van der Waals surface area contributed by atoms with E-state index < -0.39 is 11.9 Å². The number of nitrogens with zero attached hydrogens (tertiary/aromatic N) is 1. The fourth-order valence-corrected chi connectivity index (χ4v) is 2.90. The summed E-state index contributed by atoms with van der Waals surface area (Å²) >= 11 is 0. The Hall–Kier alpha value is -1.26. The highest BCUT2D eigenvalue weighted by Gasteiger charge is 2.35. The summed E-state index contributed by atoms with van der Waals surface area (Å²) in [7, 11) is 0. The molecule has 0 radical (unpaired) electrons. The number of aliphatic carboxylic acids is 1. The lowest BCUT2D eigenvalue weighted by molar-refractivity contribution is -0.142. The Morgan fingerprint density at radius 1 is 1.24 bits per heavy atom. The predicted octanol–water partition coefficient (Wildman–Crippen LogP) is 1.43. The standard InChI is InChI=1S/C12H20N2O3/c1-8-4-3-7-14(8)12(17)13-10-6-2-5-9(10)11(15)16/h8-10H,2-7H2,1H3,(H,13,17)(H,15,16). The van der Waals surface area contributed by atoms with E-state index in [0.29, 0.717) is 6.42 Å². The van der Waals surface area contributed by atoms with Crippen LogP contribution in [0.5, 0.6) is 0 Å². The highest BCUT2D eigenvalue weighted by molar-refractivity contribution is 5.77. The zero-order chi connectivity index (χ0) is 12.4. The van der Waals surface area contributed by atoms with Gasteiger partial charge in [0.2, 0.25) is 0 Å². The van der Waals surface area contributed by atoms with Gasteiger partial charge in [0.15, 0.2) is 0 Å². The fourth-order valence-electron chi connectivity index (χ4n) is 2.90. The Morgan fingerprint density at radius 3 is 2.59 bits per heavy atom. The van der Waals surface area contributed by atoms with Crippen LogP contribution < -0.4 is 5.32 Å². The highest BCUT2D eigenvalue weighted by Crippen LogP contribution is 2.26. The second-order valence-electron chi connectivity index (χ2n) is 5.12. The second kappa shape index (κ2) is 4.94. The molecular formula is C12H20N2O3. The lowest BCUT2D eigenvalue weighted by atomic mass is 10.0. The third-order valence-electron chi connectivity index (χ3n) is 3.96. The van der Waals surface area contributed by atoms with E-state index in [2.05, 4.69) is 5.32 Å². The minimum Gasteiger partial charge on any atom is -0.481 e. The number of carboxylic acid groups (broad SMARTS) is 1. The summed E-state index contributed by atoms with van der Waals surface area (Å²) in [5, 5.41) is 11.9. The maximum atomic E-state index is 12.0. The van der Waals surface area contributed by atoms with Crippen molar-refractivity contribution in [2.45, 2.75) is 51.1 Å². The summed E-state index contributed by atoms with van der Waals surface area (Å²) in [6.07, 6.45) is 4.43. The van der Waals surface area contributed by atoms with E-state index in [9.17, 15) is 9.59 Å². The predicted molar refractivity (Wildman–Crippen MR) is 62.7 cm³/mol. The molecule has 0 aromatic heterocycles. The molecule has 2 rings (SSSR count). The Bertz CT molecular complexity index is 319. The van der Waals surface area contributed by atoms with Crippen molar-refractivity contribution in [2.75, 3.05) is 6.54 Å². The number of nitrogens with one attached hydrogen (secondary N) is 1. The molecule has 2 N–H and O–H groups in total. The zero-order valence-corrected chi connectivity index (χ0v) is 10.2. The number of hydrogen-bond acceptors (Lipinski definition) is 2. The van der Waals surface area contributed by atoms with Crippen molar-refractivity contribution in [2.24, 2.45) is 5.92 Å². The number of rotatable bonds is 2. The van der Waals surface area contributed by atoms with Crippen molar-refractivity contribution < 1.29 is 14.7 Å². The molecule has 5 nitrogen and oxygen atoms in total. The van der Waals surface area contributed by atoms with Gasteiger partial charge in [-0.05, 0) is 32.6 Å². The van der Waals surface area contributed by atoms with Gasteiger partial charge in [-0.15, -0.1) is 0 Å². The van der Waals surface area contributed by atoms with Crippen LogP contribution in [0.3, 0.4) is 0 Å². The van der Waals surface area contributed by atoms with E-state index >= 15 is 0 Å². The van der Waals surface area contributed by atoms with Gasteiger partial charge in [0, 0.05) is 18.6 Å². The largest absolute Gasteiger partial charge is 0.481 e. The molecule has 2 amide bonds. The van der Waals surface area contributed by atoms with Crippen LogP contribution in [0.1, 0.15) is 39.0 Å². The normalized spacial score (nSPS) is 32.8. The van der Waals surface area contributed by atoms with Crippen LogP contribution in [-0.2, 0) is 4.79 Å². The van der Waals surface area contributed by atoms with Gasteiger partial charge in [-0.2, -0.15) is 0 Å². The van der Waals surface area contributed by atoms with E-state index in [0.717, 1.165) is 32.2 Å². The minimum absolute atomic E-state index is 0.0897. The molecule has 2 fully saturated rings. The summed E-state index contributed by atoms with van der Waals surface area (Å²) in [6.45, 7) is 2.83. The summed E-state index contributed by atoms with van der Waals surface area (Å²) in [5.41, 5.74) is 0. The maximum Gasteiger partial charge on any atom is 0.317 e. The van der Waals surface area contributed by atoms with Crippen LogP contribution in [0.15, 0.2) is 0 Å². The number of carbonyl (C=O) groups excluding carboxylic acids is 1. The average molecular weight is 240 g/mol. The summed E-state index contributed by atoms with van der Waals surface area (Å²) in [6, 6.07) is 0.000584. The van der Waals surface area contributed by atoms with Gasteiger partial charge in [-0.1, -0.05) is 6.42 Å². The molecule has 0 aromatic carbocycles. The molecule has 0 aromatic rings. The van der Waals surface area contributed by atoms with Crippen molar-refractivity contribution in [1.82, 2.24) is 10.2 Å². The van der Waals surface area contributed by atoms with Crippen molar-refractivity contribution in [3.63, 3.8) is 0 Å². The van der Waals surface area contributed by atoms with Crippen LogP contribution in [-0.4, -0.2) is 40.6 Å². The summed E-state index contributed by atoms with van der Waals surface area (Å²) in [5.74, 6) is -1.20. The first-order valence-corrected chi connectivity index (χ1v) is 6.39. The molecule has 1 aliphatic carbocycles. The zero-order valence-electron chi connectivity index (χ0n) is 10.2. The second-order valence-corrected chi connectivity index (χ2v) is 5.12. The number of hydrogen-bond donors (Lipinski definition) is 2. The van der Waals surface area contributed by atoms with Crippen LogP contribution in [0.25, 0.3) is 0 Å². The van der Waals surface area contributed by atoms with Crippen LogP contribution >= 0.6 is 0 Å². The molecule has 3 unspecified atom stereocenters. The van der Waals surface area contributed by atoms with Gasteiger partial charge in [0.1, 0.15) is 0 Å². The number of carboxylic acids is 1. The van der Waals surface area contributed by atoms with Crippen molar-refractivity contribution in [3.05, 3.63) is 0 Å². The highest BCUT2D eigenvalue weighted by atomic mass is 16.4. The minimum atomic E-state index is -0.790. The van der Waals surface area contributed by atoms with Gasteiger partial charge in [0.05, 0.1) is 5.92 Å². The van der Waals surface area contributed by atoms with Gasteiger partial charge in [0.25, 0.3) is 0 Å². The lowest BCUT2D eigenvalue weighted by Gasteiger charge is -2.25. The van der Waals surface area contributed by atoms with E-state index in [1.165, 1.54) is 0 Å². The van der Waals surface area contributed by atoms with E-state index in [1.54, 1.807) is 0 Å². The average Bonchev–Trinajstić information content (AvgIpc) is 2.86. The third-order valence-corrected chi connectivity index (χ3v) is 3.96. The first-order chi connectivity index (χ1) is 8.09. The first kappa shape index (κ1) is 12.2. The summed E-state index contributed by atoms with van der Waals surface area (Å²) < 4.78 is 0. The molecule has 1 saturated heterocycles. The molecule has 1 heterocycles. The van der Waals surface area contributed by atoms with Gasteiger partial charge in [-0.3, -0.25) is 4.79 Å². The molecule has 0 bridgehead atoms. The van der Waals surface area contributed by atoms with Crippen molar-refractivity contribution in [3.8, 4) is 0 Å². The topological polar surface area (TPSA) is 69.6 Å². The van der Waals surface area contributed by atoms with Gasteiger partial charge in [-0.25, -0.2) is 4.79 Å². The Labute approximate surface area is 101 Å². The van der Waals surface area contributed by atoms with E-state index in [1.807, 2.05) is 11.8 Å². The molecule has 5 heteroatoms. The lowest BCUT2D eigenvalue weighted by Crippen LogP contribution is -2.48. The number of amides is 2. The van der Waals surface area contributed by atoms with Crippen molar-refractivity contribution >= 4 is 12.0 Å². The molecular weight excluding hydrogens is 220 g/mol. The van der Waals surface area contributed by atoms with Crippen molar-refractivity contribution in [1.29, 1.82) is 0 Å². The Kier molecular flexibility index (Phi) is 3.54. The molecule has 96 valence electrons. The van der Waals surface area contributed by atoms with Gasteiger partial charge < -0.3 is 15.3 Å². The Morgan fingerprint density at radius 2 is 2.00 bits per heavy atom. The molecule has 3 atom stereocenters. The van der Waals surface area contributed by atoms with E-state index in [-0.39, 0.29) is 18.1 Å². The monoisotopic (exact) mass is 240 g/mol. The SMILES string of the molecule is CC1CCCN1C(=O)NC1CCCC1C(=O)O. The number of carbonyl (C=O) groups is 2. The summed E-state index contributed by atoms with van der Waals surface area (Å²) in [4.78, 5) is 24.8. The van der Waals surface area contributed by atoms with Crippen LogP contribution in [0.2, 0.25) is 0 Å².